The molecule has 0 bridgehead atoms. The van der Waals surface area contributed by atoms with Crippen LogP contribution in [0.1, 0.15) is 36.4 Å². The Kier molecular flexibility index (Phi) is 5.11. The van der Waals surface area contributed by atoms with Gasteiger partial charge in [0.15, 0.2) is 0 Å². The van der Waals surface area contributed by atoms with Crippen LogP contribution in [0.3, 0.4) is 0 Å². The number of rotatable bonds is 3. The number of allylic oxidation sites excluding steroid dienone is 1. The van der Waals surface area contributed by atoms with E-state index < -0.39 is 17.4 Å². The summed E-state index contributed by atoms with van der Waals surface area (Å²) in [7, 11) is 0. The van der Waals surface area contributed by atoms with Crippen molar-refractivity contribution in [1.29, 1.82) is 0 Å². The van der Waals surface area contributed by atoms with E-state index in [1.807, 2.05) is 0 Å². The van der Waals surface area contributed by atoms with Gasteiger partial charge in [-0.05, 0) is 0 Å². The summed E-state index contributed by atoms with van der Waals surface area (Å²) in [5.74, 6) is 0. The molecule has 0 aromatic heterocycles. The van der Waals surface area contributed by atoms with Crippen molar-refractivity contribution in [2.75, 3.05) is 0 Å². The minimum absolute atomic E-state index is 0.521. The van der Waals surface area contributed by atoms with E-state index >= 15 is 0 Å². The molecule has 0 spiro atoms. The molecule has 7 rings (SSSR count). The average Bonchev–Trinajstić information content (AvgIpc) is 3.44. The summed E-state index contributed by atoms with van der Waals surface area (Å²) in [5.41, 5.74) is 13.3. The van der Waals surface area contributed by atoms with E-state index in [0.29, 0.717) is 7.25 Å². The maximum atomic E-state index is 2.73. The molecule has 180 valence electrons. The van der Waals surface area contributed by atoms with Crippen LogP contribution in [0.2, 0.25) is 9.26 Å². The number of benzene rings is 5. The first-order valence-corrected chi connectivity index (χ1v) is 27.1. The van der Waals surface area contributed by atoms with Crippen LogP contribution in [0.15, 0.2) is 115 Å². The number of fused-ring (bicyclic) bond motifs is 5. The van der Waals surface area contributed by atoms with Crippen LogP contribution in [0.25, 0.3) is 39.1 Å². The molecule has 1 atom stereocenters. The predicted molar refractivity (Wildman–Crippen MR) is 160 cm³/mol. The Morgan fingerprint density at radius 2 is 1.05 bits per heavy atom. The molecule has 5 aromatic carbocycles. The summed E-state index contributed by atoms with van der Waals surface area (Å²) in [5, 5.41) is 2.64. The van der Waals surface area contributed by atoms with E-state index in [4.69, 9.17) is 0 Å². The van der Waals surface area contributed by atoms with Gasteiger partial charge in [-0.1, -0.05) is 0 Å². The van der Waals surface area contributed by atoms with E-state index in [9.17, 15) is 0 Å². The van der Waals surface area contributed by atoms with Crippen molar-refractivity contribution in [3.63, 3.8) is 0 Å². The molecular formula is C35H32SiZr. The van der Waals surface area contributed by atoms with Crippen LogP contribution in [-0.2, 0) is 17.4 Å². The van der Waals surface area contributed by atoms with Crippen LogP contribution in [0.4, 0.5) is 0 Å². The van der Waals surface area contributed by atoms with Crippen LogP contribution < -0.4 is 0 Å². The Bertz CT molecular complexity index is 1780. The monoisotopic (exact) mass is 570 g/mol. The van der Waals surface area contributed by atoms with E-state index in [2.05, 4.69) is 138 Å². The second-order valence-electron chi connectivity index (χ2n) is 12.2. The van der Waals surface area contributed by atoms with Crippen LogP contribution in [-0.4, -0.2) is 6.88 Å². The topological polar surface area (TPSA) is 0 Å². The van der Waals surface area contributed by atoms with Gasteiger partial charge < -0.3 is 0 Å². The van der Waals surface area contributed by atoms with E-state index in [1.54, 1.807) is 22.3 Å². The molecule has 1 unspecified atom stereocenters. The van der Waals surface area contributed by atoms with Gasteiger partial charge in [0, 0.05) is 0 Å². The van der Waals surface area contributed by atoms with Gasteiger partial charge >= 0.3 is 224 Å². The quantitative estimate of drug-likeness (QED) is 0.190. The molecule has 2 heteroatoms. The standard InChI is InChI=1S/C20H15.C13H9.2CH3.H2Si.Zr/c1-14-12-16-8-5-11-19(20(16)13-14)18-10-4-7-15-6-2-3-9-17(15)18;1-3-7-12-10(5-1)9-11-6-2-4-8-13(11)12;;;;/h2-13H,1H3;1-9H;2*1H3;1H2;. The van der Waals surface area contributed by atoms with Crippen LogP contribution in [0, 0.1) is 0 Å². The molecule has 2 aliphatic rings. The zero-order valence-corrected chi connectivity index (χ0v) is 25.7. The van der Waals surface area contributed by atoms with Crippen molar-refractivity contribution in [3.8, 4) is 22.3 Å². The zero-order chi connectivity index (χ0) is 25.4. The summed E-state index contributed by atoms with van der Waals surface area (Å²) >= 11 is -3.55. The fourth-order valence-electron chi connectivity index (χ4n) is 7.85. The predicted octanol–water partition coefficient (Wildman–Crippen LogP) is 9.07. The average molecular weight is 572 g/mol. The Hall–Kier alpha value is -2.80. The van der Waals surface area contributed by atoms with Gasteiger partial charge in [0.2, 0.25) is 0 Å². The number of hydrogen-bond donors (Lipinski definition) is 0. The molecule has 0 amide bonds. The third-order valence-corrected chi connectivity index (χ3v) is 26.7. The van der Waals surface area contributed by atoms with Gasteiger partial charge in [0.25, 0.3) is 0 Å². The van der Waals surface area contributed by atoms with Gasteiger partial charge in [-0.2, -0.15) is 0 Å². The minimum atomic E-state index is -3.55. The fourth-order valence-corrected chi connectivity index (χ4v) is 27.7. The molecule has 0 nitrogen and oxygen atoms in total. The number of hydrogen-bond acceptors (Lipinski definition) is 0. The first kappa shape index (κ1) is 23.3. The van der Waals surface area contributed by atoms with Gasteiger partial charge in [0.05, 0.1) is 0 Å². The van der Waals surface area contributed by atoms with Gasteiger partial charge in [-0.25, -0.2) is 0 Å². The molecular weight excluding hydrogens is 540 g/mol. The van der Waals surface area contributed by atoms with Crippen LogP contribution >= 0.6 is 0 Å². The third kappa shape index (κ3) is 3.35. The molecule has 37 heavy (non-hydrogen) atoms. The molecule has 0 heterocycles. The van der Waals surface area contributed by atoms with Crippen molar-refractivity contribution in [1.82, 2.24) is 0 Å². The summed E-state index contributed by atoms with van der Waals surface area (Å²) in [6.07, 6.45) is 2.53. The van der Waals surface area contributed by atoms with E-state index in [0.717, 1.165) is 0 Å². The molecule has 0 radical (unpaired) electrons. The first-order valence-electron chi connectivity index (χ1n) is 13.4. The SMILES string of the molecule is CC1=Cc2c(-c3cccc4ccccc34)cccc2[CH]1[Zr]([CH3])([CH3])(=[SiH2])[CH]1c2ccccc2-c2ccccc21. The van der Waals surface area contributed by atoms with Crippen LogP contribution in [0.5, 0.6) is 0 Å². The molecule has 0 saturated heterocycles. The van der Waals surface area contributed by atoms with Gasteiger partial charge in [0.1, 0.15) is 0 Å². The van der Waals surface area contributed by atoms with Gasteiger partial charge in [-0.15, -0.1) is 0 Å². The molecule has 0 N–H and O–H groups in total. The molecule has 2 aliphatic carbocycles. The summed E-state index contributed by atoms with van der Waals surface area (Å²) < 4.78 is 6.50. The Morgan fingerprint density at radius 3 is 1.78 bits per heavy atom. The fraction of sp³-hybridized carbons (Fsp3) is 0.143. The third-order valence-electron chi connectivity index (χ3n) is 9.09. The second-order valence-corrected chi connectivity index (χ2v) is 42.7. The van der Waals surface area contributed by atoms with E-state index in [1.165, 1.54) is 38.6 Å². The van der Waals surface area contributed by atoms with Crippen molar-refractivity contribution < 1.29 is 17.4 Å². The molecule has 0 aliphatic heterocycles. The normalized spacial score (nSPS) is 16.9. The molecule has 0 saturated carbocycles. The summed E-state index contributed by atoms with van der Waals surface area (Å²) in [6.45, 7) is 4.83. The summed E-state index contributed by atoms with van der Waals surface area (Å²) in [4.78, 5) is 0. The first-order chi connectivity index (χ1) is 17.8. The molecule has 5 aromatic rings. The van der Waals surface area contributed by atoms with Crippen molar-refractivity contribution in [2.45, 2.75) is 23.4 Å². The second kappa shape index (κ2) is 8.10. The zero-order valence-electron chi connectivity index (χ0n) is 21.8. The Labute approximate surface area is 222 Å². The van der Waals surface area contributed by atoms with Crippen molar-refractivity contribution in [3.05, 3.63) is 137 Å². The van der Waals surface area contributed by atoms with Crippen molar-refractivity contribution in [2.24, 2.45) is 0 Å². The van der Waals surface area contributed by atoms with Gasteiger partial charge in [-0.3, -0.25) is 0 Å². The van der Waals surface area contributed by atoms with Crippen molar-refractivity contribution >= 4 is 23.7 Å². The Balaban J connectivity index is 1.45. The Morgan fingerprint density at radius 1 is 0.541 bits per heavy atom. The van der Waals surface area contributed by atoms with E-state index in [-0.39, 0.29) is 0 Å². The molecule has 0 fully saturated rings. The summed E-state index contributed by atoms with van der Waals surface area (Å²) in [6, 6.07) is 41.0. The maximum absolute atomic E-state index is 3.55.